The van der Waals surface area contributed by atoms with Crippen molar-refractivity contribution in [2.75, 3.05) is 6.61 Å². The van der Waals surface area contributed by atoms with Crippen LogP contribution in [0, 0.1) is 28.6 Å². The summed E-state index contributed by atoms with van der Waals surface area (Å²) in [5.41, 5.74) is -1.34. The lowest BCUT2D eigenvalue weighted by atomic mass is 9.54. The molecule has 1 N–H and O–H groups in total. The van der Waals surface area contributed by atoms with Gasteiger partial charge < -0.3 is 14.6 Å². The number of esters is 1. The molecule has 0 amide bonds. The lowest BCUT2D eigenvalue weighted by molar-refractivity contribution is -0.153. The molecule has 0 aromatic rings. The highest BCUT2D eigenvalue weighted by atomic mass is 16.6. The van der Waals surface area contributed by atoms with Crippen LogP contribution in [0.4, 0.5) is 0 Å². The number of Topliss-reactive ketones (excluding diaryl/α,β-unsaturated/α-hetero) is 1. The minimum Gasteiger partial charge on any atom is -0.455 e. The van der Waals surface area contributed by atoms with Gasteiger partial charge in [0.15, 0.2) is 0 Å². The first-order chi connectivity index (χ1) is 11.7. The second-order valence-electron chi connectivity index (χ2n) is 8.73. The van der Waals surface area contributed by atoms with Crippen molar-refractivity contribution >= 4 is 11.8 Å². The van der Waals surface area contributed by atoms with E-state index >= 15 is 0 Å². The summed E-state index contributed by atoms with van der Waals surface area (Å²) in [7, 11) is 0. The van der Waals surface area contributed by atoms with Gasteiger partial charge in [-0.05, 0) is 38.5 Å². The van der Waals surface area contributed by atoms with E-state index in [1.165, 1.54) is 0 Å². The zero-order valence-corrected chi connectivity index (χ0v) is 15.2. The molecule has 4 fully saturated rings. The minimum absolute atomic E-state index is 0.0377. The third-order valence-corrected chi connectivity index (χ3v) is 7.61. The number of aliphatic hydroxyl groups excluding tert-OH is 1. The van der Waals surface area contributed by atoms with Gasteiger partial charge in [-0.15, -0.1) is 6.58 Å². The highest BCUT2D eigenvalue weighted by molar-refractivity contribution is 5.94. The number of rotatable bonds is 2. The fraction of sp³-hybridized carbons (Fsp3) is 0.700. The number of ether oxygens (including phenoxy) is 2. The van der Waals surface area contributed by atoms with Gasteiger partial charge in [0, 0.05) is 11.8 Å². The number of hydrogen-bond acceptors (Lipinski definition) is 5. The first-order valence-corrected chi connectivity index (χ1v) is 9.01. The Morgan fingerprint density at radius 1 is 1.32 bits per heavy atom. The van der Waals surface area contributed by atoms with Gasteiger partial charge in [-0.25, -0.2) is 4.79 Å². The SMILES string of the molecule is C=CC1C(C)(CO)C(=O)C2CC1(C)C1C3OC(=O)C(=CC)C3OC21C. The van der Waals surface area contributed by atoms with E-state index in [2.05, 4.69) is 13.5 Å². The Balaban J connectivity index is 1.89. The molecule has 2 heterocycles. The molecule has 4 rings (SSSR count). The first-order valence-electron chi connectivity index (χ1n) is 9.01. The minimum atomic E-state index is -0.877. The van der Waals surface area contributed by atoms with Crippen molar-refractivity contribution in [2.45, 2.75) is 51.9 Å². The lowest BCUT2D eigenvalue weighted by Gasteiger charge is -2.49. The maximum Gasteiger partial charge on any atom is 0.336 e. The quantitative estimate of drug-likeness (QED) is 0.471. The molecule has 0 aromatic carbocycles. The second kappa shape index (κ2) is 4.83. The number of carbonyl (C=O) groups is 2. The molecule has 2 bridgehead atoms. The lowest BCUT2D eigenvalue weighted by Crippen LogP contribution is -2.53. The molecule has 2 saturated heterocycles. The Kier molecular flexibility index (Phi) is 3.28. The third kappa shape index (κ3) is 1.67. The van der Waals surface area contributed by atoms with Crippen molar-refractivity contribution in [3.8, 4) is 0 Å². The van der Waals surface area contributed by atoms with Crippen LogP contribution in [0.15, 0.2) is 24.3 Å². The molecule has 0 aromatic heterocycles. The highest BCUT2D eigenvalue weighted by Crippen LogP contribution is 2.71. The third-order valence-electron chi connectivity index (χ3n) is 7.61. The van der Waals surface area contributed by atoms with Gasteiger partial charge in [-0.1, -0.05) is 19.1 Å². The van der Waals surface area contributed by atoms with E-state index in [4.69, 9.17) is 9.47 Å². The molecule has 2 aliphatic heterocycles. The molecule has 0 spiro atoms. The summed E-state index contributed by atoms with van der Waals surface area (Å²) in [5.74, 6) is -0.891. The van der Waals surface area contributed by atoms with Gasteiger partial charge >= 0.3 is 5.97 Å². The van der Waals surface area contributed by atoms with Crippen LogP contribution in [0.1, 0.15) is 34.1 Å². The maximum absolute atomic E-state index is 13.3. The van der Waals surface area contributed by atoms with Crippen LogP contribution >= 0.6 is 0 Å². The van der Waals surface area contributed by atoms with Crippen molar-refractivity contribution < 1.29 is 24.2 Å². The summed E-state index contributed by atoms with van der Waals surface area (Å²) in [6.07, 6.45) is 3.43. The van der Waals surface area contributed by atoms with Crippen molar-refractivity contribution in [3.63, 3.8) is 0 Å². The molecular weight excluding hydrogens is 320 g/mol. The molecule has 2 aliphatic carbocycles. The Bertz CT molecular complexity index is 711. The van der Waals surface area contributed by atoms with E-state index < -0.39 is 17.1 Å². The van der Waals surface area contributed by atoms with Crippen LogP contribution in [0.3, 0.4) is 0 Å². The zero-order valence-electron chi connectivity index (χ0n) is 15.2. The smallest absolute Gasteiger partial charge is 0.336 e. The summed E-state index contributed by atoms with van der Waals surface area (Å²) in [5, 5.41) is 10.1. The van der Waals surface area contributed by atoms with E-state index in [1.807, 2.05) is 20.8 Å². The van der Waals surface area contributed by atoms with Crippen LogP contribution in [0.2, 0.25) is 0 Å². The Morgan fingerprint density at radius 3 is 2.56 bits per heavy atom. The van der Waals surface area contributed by atoms with Crippen LogP contribution < -0.4 is 0 Å². The number of aliphatic hydroxyl groups is 1. The molecule has 8 atom stereocenters. The monoisotopic (exact) mass is 346 g/mol. The highest BCUT2D eigenvalue weighted by Gasteiger charge is 2.78. The van der Waals surface area contributed by atoms with Crippen LogP contribution in [0.5, 0.6) is 0 Å². The fourth-order valence-electron chi connectivity index (χ4n) is 6.63. The van der Waals surface area contributed by atoms with Gasteiger partial charge in [-0.3, -0.25) is 4.79 Å². The van der Waals surface area contributed by atoms with Gasteiger partial charge in [0.05, 0.1) is 23.2 Å². The van der Waals surface area contributed by atoms with Crippen molar-refractivity contribution in [1.29, 1.82) is 0 Å². The summed E-state index contributed by atoms with van der Waals surface area (Å²) < 4.78 is 12.1. The Labute approximate surface area is 148 Å². The topological polar surface area (TPSA) is 72.8 Å². The molecule has 8 unspecified atom stereocenters. The van der Waals surface area contributed by atoms with Gasteiger partial charge in [0.2, 0.25) is 0 Å². The van der Waals surface area contributed by atoms with E-state index in [1.54, 1.807) is 12.2 Å². The largest absolute Gasteiger partial charge is 0.455 e. The Morgan fingerprint density at radius 2 is 2.00 bits per heavy atom. The van der Waals surface area contributed by atoms with Crippen molar-refractivity contribution in [3.05, 3.63) is 24.3 Å². The number of carbonyl (C=O) groups excluding carboxylic acids is 2. The summed E-state index contributed by atoms with van der Waals surface area (Å²) in [6.45, 7) is 11.5. The molecule has 25 heavy (non-hydrogen) atoms. The molecule has 5 nitrogen and oxygen atoms in total. The number of fused-ring (bicyclic) bond motifs is 7. The van der Waals surface area contributed by atoms with Crippen molar-refractivity contribution in [2.24, 2.45) is 28.6 Å². The number of hydrogen-bond donors (Lipinski definition) is 1. The Hall–Kier alpha value is -1.46. The van der Waals surface area contributed by atoms with E-state index in [-0.39, 0.29) is 47.6 Å². The van der Waals surface area contributed by atoms with Gasteiger partial charge in [-0.2, -0.15) is 0 Å². The normalized spacial score (nSPS) is 55.2. The van der Waals surface area contributed by atoms with E-state index in [0.29, 0.717) is 12.0 Å². The molecule has 4 aliphatic rings. The molecule has 5 heteroatoms. The van der Waals surface area contributed by atoms with Crippen LogP contribution in [-0.2, 0) is 19.1 Å². The summed E-state index contributed by atoms with van der Waals surface area (Å²) >= 11 is 0. The summed E-state index contributed by atoms with van der Waals surface area (Å²) in [6, 6.07) is 0. The molecule has 2 saturated carbocycles. The maximum atomic E-state index is 13.3. The van der Waals surface area contributed by atoms with E-state index in [0.717, 1.165) is 0 Å². The summed E-state index contributed by atoms with van der Waals surface area (Å²) in [4.78, 5) is 25.5. The van der Waals surface area contributed by atoms with Crippen molar-refractivity contribution in [1.82, 2.24) is 0 Å². The number of ketones is 1. The average Bonchev–Trinajstić information content (AvgIpc) is 3.08. The predicted molar refractivity (Wildman–Crippen MR) is 90.5 cm³/mol. The predicted octanol–water partition coefficient (Wildman–Crippen LogP) is 2.04. The second-order valence-corrected chi connectivity index (χ2v) is 8.73. The average molecular weight is 346 g/mol. The van der Waals surface area contributed by atoms with E-state index in [9.17, 15) is 14.7 Å². The first kappa shape index (κ1) is 17.0. The fourth-order valence-corrected chi connectivity index (χ4v) is 6.63. The van der Waals surface area contributed by atoms with Gasteiger partial charge in [0.25, 0.3) is 0 Å². The molecule has 136 valence electrons. The zero-order chi connectivity index (χ0) is 18.4. The van der Waals surface area contributed by atoms with Crippen LogP contribution in [-0.4, -0.2) is 41.3 Å². The molecular formula is C20H26O5. The van der Waals surface area contributed by atoms with Gasteiger partial charge in [0.1, 0.15) is 18.0 Å². The number of allylic oxidation sites excluding steroid dienone is 2. The molecule has 0 radical (unpaired) electrons. The van der Waals surface area contributed by atoms with Crippen LogP contribution in [0.25, 0.3) is 0 Å². The standard InChI is InChI=1S/C20H26O5/c1-6-10-13-14(24-17(10)23)15-18(3)8-11(20(15,5)25-13)16(22)19(4,9-21)12(18)7-2/h6-7,11-15,21H,2,8-9H2,1,3-5H3.